The number of ether oxygens (including phenoxy) is 1. The highest BCUT2D eigenvalue weighted by Gasteiger charge is 2.00. The monoisotopic (exact) mass is 228 g/mol. The molecule has 0 saturated heterocycles. The third-order valence-corrected chi connectivity index (χ3v) is 1.54. The summed E-state index contributed by atoms with van der Waals surface area (Å²) in [4.78, 5) is 2.50. The van der Waals surface area contributed by atoms with Gasteiger partial charge in [-0.3, -0.25) is 0 Å². The fourth-order valence-corrected chi connectivity index (χ4v) is 1.03. The number of benzene rings is 1. The molecule has 0 N–H and O–H groups in total. The van der Waals surface area contributed by atoms with Crippen LogP contribution in [-0.4, -0.2) is 7.11 Å². The molecule has 1 nitrogen and oxygen atoms in total. The summed E-state index contributed by atoms with van der Waals surface area (Å²) in [6.07, 6.45) is 0. The summed E-state index contributed by atoms with van der Waals surface area (Å²) in [7, 11) is 1.42. The first-order valence-corrected chi connectivity index (χ1v) is 4.02. The lowest BCUT2D eigenvalue weighted by Gasteiger charge is -2.00. The van der Waals surface area contributed by atoms with Gasteiger partial charge in [-0.1, -0.05) is 5.92 Å². The molecule has 0 aliphatic rings. The van der Waals surface area contributed by atoms with Gasteiger partial charge in [0.2, 0.25) is 0 Å². The lowest BCUT2D eigenvalue weighted by atomic mass is 10.2. The molecule has 0 radical (unpaired) electrons. The standard InChI is InChI=1S/C9H6BrFO/c1-12-9-3-2-7(4-5-10)6-8(9)11/h2-3,6H,1H3. The second-order valence-corrected chi connectivity index (χ2v) is 2.47. The van der Waals surface area contributed by atoms with Gasteiger partial charge in [-0.2, -0.15) is 0 Å². The molecule has 1 aromatic carbocycles. The van der Waals surface area contributed by atoms with Crippen LogP contribution in [0, 0.1) is 16.6 Å². The predicted molar refractivity (Wildman–Crippen MR) is 48.8 cm³/mol. The summed E-state index contributed by atoms with van der Waals surface area (Å²) < 4.78 is 17.7. The van der Waals surface area contributed by atoms with Crippen molar-refractivity contribution in [3.63, 3.8) is 0 Å². The van der Waals surface area contributed by atoms with Crippen LogP contribution in [0.1, 0.15) is 5.56 Å². The van der Waals surface area contributed by atoms with Crippen molar-refractivity contribution in [3.05, 3.63) is 29.6 Å². The Balaban J connectivity index is 3.07. The molecule has 3 heteroatoms. The number of halogens is 2. The summed E-state index contributed by atoms with van der Waals surface area (Å²) >= 11 is 2.93. The highest BCUT2D eigenvalue weighted by molar-refractivity contribution is 9.12. The Labute approximate surface area is 78.7 Å². The summed E-state index contributed by atoms with van der Waals surface area (Å²) in [5.74, 6) is 2.50. The Kier molecular flexibility index (Phi) is 3.12. The van der Waals surface area contributed by atoms with Gasteiger partial charge in [0, 0.05) is 21.5 Å². The van der Waals surface area contributed by atoms with Crippen molar-refractivity contribution in [1.82, 2.24) is 0 Å². The van der Waals surface area contributed by atoms with Gasteiger partial charge in [0.15, 0.2) is 11.6 Å². The molecule has 0 aliphatic heterocycles. The van der Waals surface area contributed by atoms with Gasteiger partial charge in [0.1, 0.15) is 0 Å². The lowest BCUT2D eigenvalue weighted by Crippen LogP contribution is -1.88. The SMILES string of the molecule is COc1ccc(C#CBr)cc1F. The van der Waals surface area contributed by atoms with Crippen LogP contribution >= 0.6 is 15.9 Å². The molecule has 0 bridgehead atoms. The van der Waals surface area contributed by atoms with E-state index in [1.807, 2.05) is 0 Å². The molecule has 12 heavy (non-hydrogen) atoms. The minimum Gasteiger partial charge on any atom is -0.494 e. The van der Waals surface area contributed by atoms with Crippen LogP contribution in [0.4, 0.5) is 4.39 Å². The highest BCUT2D eigenvalue weighted by atomic mass is 79.9. The van der Waals surface area contributed by atoms with E-state index < -0.39 is 5.82 Å². The molecule has 0 heterocycles. The van der Waals surface area contributed by atoms with E-state index in [1.165, 1.54) is 13.2 Å². The van der Waals surface area contributed by atoms with E-state index in [2.05, 4.69) is 26.7 Å². The molecule has 0 aromatic heterocycles. The van der Waals surface area contributed by atoms with Gasteiger partial charge >= 0.3 is 0 Å². The fourth-order valence-electron chi connectivity index (χ4n) is 0.799. The number of hydrogen-bond acceptors (Lipinski definition) is 1. The van der Waals surface area contributed by atoms with Crippen LogP contribution < -0.4 is 4.74 Å². The van der Waals surface area contributed by atoms with Crippen molar-refractivity contribution >= 4 is 15.9 Å². The van der Waals surface area contributed by atoms with Crippen LogP contribution in [-0.2, 0) is 0 Å². The molecular weight excluding hydrogens is 223 g/mol. The summed E-state index contributed by atoms with van der Waals surface area (Å²) in [6.45, 7) is 0. The van der Waals surface area contributed by atoms with E-state index in [0.29, 0.717) is 5.56 Å². The molecule has 1 aromatic rings. The third-order valence-electron chi connectivity index (χ3n) is 1.34. The quantitative estimate of drug-likeness (QED) is 0.672. The van der Waals surface area contributed by atoms with Crippen molar-refractivity contribution < 1.29 is 9.13 Å². The predicted octanol–water partition coefficient (Wildman–Crippen LogP) is 2.54. The molecule has 0 fully saturated rings. The Bertz CT molecular complexity index is 338. The Morgan fingerprint density at radius 1 is 1.50 bits per heavy atom. The van der Waals surface area contributed by atoms with Crippen molar-refractivity contribution in [1.29, 1.82) is 0 Å². The summed E-state index contributed by atoms with van der Waals surface area (Å²) in [6, 6.07) is 4.56. The molecular formula is C9H6BrFO. The molecule has 0 amide bonds. The Morgan fingerprint density at radius 3 is 2.75 bits per heavy atom. The smallest absolute Gasteiger partial charge is 0.166 e. The number of methoxy groups -OCH3 is 1. The molecule has 1 rings (SSSR count). The molecule has 0 atom stereocenters. The first kappa shape index (κ1) is 9.08. The summed E-state index contributed by atoms with van der Waals surface area (Å²) in [5, 5.41) is 0. The third kappa shape index (κ3) is 1.99. The van der Waals surface area contributed by atoms with Gasteiger partial charge in [-0.25, -0.2) is 4.39 Å². The first-order chi connectivity index (χ1) is 5.77. The maximum absolute atomic E-state index is 13.0. The van der Waals surface area contributed by atoms with E-state index in [0.717, 1.165) is 0 Å². The van der Waals surface area contributed by atoms with Gasteiger partial charge in [0.25, 0.3) is 0 Å². The molecule has 0 saturated carbocycles. The second-order valence-electron chi connectivity index (χ2n) is 2.07. The molecule has 0 unspecified atom stereocenters. The number of rotatable bonds is 1. The van der Waals surface area contributed by atoms with Crippen molar-refractivity contribution in [2.24, 2.45) is 0 Å². The minimum absolute atomic E-state index is 0.232. The maximum Gasteiger partial charge on any atom is 0.166 e. The van der Waals surface area contributed by atoms with Gasteiger partial charge in [-0.05, 0) is 23.0 Å². The largest absolute Gasteiger partial charge is 0.494 e. The zero-order chi connectivity index (χ0) is 8.97. The molecule has 0 spiro atoms. The van der Waals surface area contributed by atoms with E-state index in [-0.39, 0.29) is 5.75 Å². The summed E-state index contributed by atoms with van der Waals surface area (Å²) in [5.41, 5.74) is 0.616. The van der Waals surface area contributed by atoms with Crippen LogP contribution in [0.25, 0.3) is 0 Å². The van der Waals surface area contributed by atoms with Gasteiger partial charge < -0.3 is 4.74 Å². The van der Waals surface area contributed by atoms with E-state index in [9.17, 15) is 4.39 Å². The van der Waals surface area contributed by atoms with E-state index in [1.54, 1.807) is 12.1 Å². The van der Waals surface area contributed by atoms with Gasteiger partial charge in [-0.15, -0.1) is 0 Å². The zero-order valence-electron chi connectivity index (χ0n) is 6.40. The van der Waals surface area contributed by atoms with E-state index in [4.69, 9.17) is 4.74 Å². The topological polar surface area (TPSA) is 9.23 Å². The first-order valence-electron chi connectivity index (χ1n) is 3.23. The van der Waals surface area contributed by atoms with Crippen LogP contribution in [0.15, 0.2) is 18.2 Å². The van der Waals surface area contributed by atoms with Crippen molar-refractivity contribution in [3.8, 4) is 16.5 Å². The van der Waals surface area contributed by atoms with Crippen LogP contribution in [0.3, 0.4) is 0 Å². The van der Waals surface area contributed by atoms with E-state index >= 15 is 0 Å². The zero-order valence-corrected chi connectivity index (χ0v) is 7.98. The maximum atomic E-state index is 13.0. The lowest BCUT2D eigenvalue weighted by molar-refractivity contribution is 0.386. The van der Waals surface area contributed by atoms with Crippen molar-refractivity contribution in [2.75, 3.05) is 7.11 Å². The normalized spacial score (nSPS) is 8.58. The fraction of sp³-hybridized carbons (Fsp3) is 0.111. The minimum atomic E-state index is -0.398. The average molecular weight is 229 g/mol. The van der Waals surface area contributed by atoms with Crippen molar-refractivity contribution in [2.45, 2.75) is 0 Å². The number of hydrogen-bond donors (Lipinski definition) is 0. The molecule has 62 valence electrons. The van der Waals surface area contributed by atoms with Crippen LogP contribution in [0.2, 0.25) is 0 Å². The second kappa shape index (κ2) is 4.13. The highest BCUT2D eigenvalue weighted by Crippen LogP contribution is 2.16. The molecule has 0 aliphatic carbocycles. The average Bonchev–Trinajstić information content (AvgIpc) is 2.05. The van der Waals surface area contributed by atoms with Crippen LogP contribution in [0.5, 0.6) is 5.75 Å². The Morgan fingerprint density at radius 2 is 2.25 bits per heavy atom. The Hall–Kier alpha value is -1.01. The van der Waals surface area contributed by atoms with Gasteiger partial charge in [0.05, 0.1) is 7.11 Å².